The molecule has 0 saturated heterocycles. The molecule has 6 heteroatoms. The number of nitrogens with one attached hydrogen (secondary N) is 1. The second kappa shape index (κ2) is 6.87. The van der Waals surface area contributed by atoms with E-state index in [9.17, 15) is 4.79 Å². The van der Waals surface area contributed by atoms with E-state index in [1.807, 2.05) is 19.1 Å². The fraction of sp³-hybridized carbons (Fsp3) is 0.467. The number of benzene rings is 1. The summed E-state index contributed by atoms with van der Waals surface area (Å²) in [6.45, 7) is 7.25. The Kier molecular flexibility index (Phi) is 5.14. The SMILES string of the molecule is CCOCC(NC(=O)c1ccc2nc(N)sc2c1)C(C)C. The lowest BCUT2D eigenvalue weighted by molar-refractivity contribution is 0.0806. The topological polar surface area (TPSA) is 77.2 Å². The smallest absolute Gasteiger partial charge is 0.251 e. The van der Waals surface area contributed by atoms with E-state index in [2.05, 4.69) is 24.1 Å². The van der Waals surface area contributed by atoms with Crippen molar-refractivity contribution in [2.24, 2.45) is 5.92 Å². The molecule has 1 aromatic carbocycles. The molecule has 21 heavy (non-hydrogen) atoms. The summed E-state index contributed by atoms with van der Waals surface area (Å²) in [5.74, 6) is 0.213. The number of anilines is 1. The molecule has 1 unspecified atom stereocenters. The van der Waals surface area contributed by atoms with Crippen LogP contribution in [0.3, 0.4) is 0 Å². The van der Waals surface area contributed by atoms with Gasteiger partial charge in [0.1, 0.15) is 0 Å². The monoisotopic (exact) mass is 307 g/mol. The zero-order valence-corrected chi connectivity index (χ0v) is 13.4. The summed E-state index contributed by atoms with van der Waals surface area (Å²) >= 11 is 1.38. The summed E-state index contributed by atoms with van der Waals surface area (Å²) in [7, 11) is 0. The number of carbonyl (C=O) groups is 1. The van der Waals surface area contributed by atoms with Gasteiger partial charge in [0.25, 0.3) is 5.91 Å². The van der Waals surface area contributed by atoms with E-state index < -0.39 is 0 Å². The van der Waals surface area contributed by atoms with E-state index >= 15 is 0 Å². The Balaban J connectivity index is 2.12. The summed E-state index contributed by atoms with van der Waals surface area (Å²) in [6.07, 6.45) is 0. The number of fused-ring (bicyclic) bond motifs is 1. The summed E-state index contributed by atoms with van der Waals surface area (Å²) in [5.41, 5.74) is 7.12. The molecule has 2 aromatic rings. The molecule has 3 N–H and O–H groups in total. The Morgan fingerprint density at radius 2 is 2.24 bits per heavy atom. The van der Waals surface area contributed by atoms with Crippen LogP contribution in [0.5, 0.6) is 0 Å². The molecule has 0 aliphatic heterocycles. The van der Waals surface area contributed by atoms with Crippen molar-refractivity contribution in [1.29, 1.82) is 0 Å². The molecule has 1 amide bonds. The molecule has 1 atom stereocenters. The predicted octanol–water partition coefficient (Wildman–Crippen LogP) is 2.67. The molecular weight excluding hydrogens is 286 g/mol. The average molecular weight is 307 g/mol. The lowest BCUT2D eigenvalue weighted by atomic mass is 10.0. The van der Waals surface area contributed by atoms with E-state index in [4.69, 9.17) is 10.5 Å². The third-order valence-electron chi connectivity index (χ3n) is 3.29. The van der Waals surface area contributed by atoms with Crippen molar-refractivity contribution < 1.29 is 9.53 Å². The Labute approximate surface area is 128 Å². The van der Waals surface area contributed by atoms with Crippen LogP contribution in [0.4, 0.5) is 5.13 Å². The van der Waals surface area contributed by atoms with Gasteiger partial charge >= 0.3 is 0 Å². The van der Waals surface area contributed by atoms with Crippen LogP contribution in [0.2, 0.25) is 0 Å². The largest absolute Gasteiger partial charge is 0.380 e. The number of nitrogen functional groups attached to an aromatic ring is 1. The highest BCUT2D eigenvalue weighted by Crippen LogP contribution is 2.24. The van der Waals surface area contributed by atoms with Crippen LogP contribution in [0, 0.1) is 5.92 Å². The minimum atomic E-state index is -0.0951. The molecule has 0 aliphatic rings. The molecule has 0 aliphatic carbocycles. The van der Waals surface area contributed by atoms with Crippen LogP contribution < -0.4 is 11.1 Å². The number of rotatable bonds is 6. The second-order valence-electron chi connectivity index (χ2n) is 5.22. The minimum absolute atomic E-state index is 0.000299. The molecule has 5 nitrogen and oxygen atoms in total. The molecule has 0 saturated carbocycles. The first kappa shape index (κ1) is 15.7. The van der Waals surface area contributed by atoms with Crippen molar-refractivity contribution in [2.45, 2.75) is 26.8 Å². The zero-order chi connectivity index (χ0) is 15.4. The van der Waals surface area contributed by atoms with E-state index in [1.54, 1.807) is 6.07 Å². The van der Waals surface area contributed by atoms with E-state index in [-0.39, 0.29) is 11.9 Å². The van der Waals surface area contributed by atoms with Crippen molar-refractivity contribution in [3.8, 4) is 0 Å². The maximum atomic E-state index is 12.4. The highest BCUT2D eigenvalue weighted by atomic mass is 32.1. The number of amides is 1. The summed E-state index contributed by atoms with van der Waals surface area (Å²) < 4.78 is 6.35. The first-order valence-corrected chi connectivity index (χ1v) is 7.87. The molecule has 0 bridgehead atoms. The maximum Gasteiger partial charge on any atom is 0.251 e. The lowest BCUT2D eigenvalue weighted by Gasteiger charge is -2.22. The number of thiazole rings is 1. The summed E-state index contributed by atoms with van der Waals surface area (Å²) in [6, 6.07) is 5.43. The van der Waals surface area contributed by atoms with Crippen molar-refractivity contribution in [2.75, 3.05) is 18.9 Å². The highest BCUT2D eigenvalue weighted by molar-refractivity contribution is 7.22. The Morgan fingerprint density at radius 3 is 2.90 bits per heavy atom. The van der Waals surface area contributed by atoms with E-state index in [0.29, 0.717) is 29.8 Å². The third kappa shape index (κ3) is 3.92. The van der Waals surface area contributed by atoms with Gasteiger partial charge in [0.05, 0.1) is 22.9 Å². The highest BCUT2D eigenvalue weighted by Gasteiger charge is 2.17. The van der Waals surface area contributed by atoms with Crippen LogP contribution in [-0.4, -0.2) is 30.1 Å². The Bertz CT molecular complexity index is 624. The van der Waals surface area contributed by atoms with E-state index in [0.717, 1.165) is 10.2 Å². The minimum Gasteiger partial charge on any atom is -0.380 e. The number of ether oxygens (including phenoxy) is 1. The van der Waals surface area contributed by atoms with Crippen molar-refractivity contribution in [3.05, 3.63) is 23.8 Å². The van der Waals surface area contributed by atoms with Gasteiger partial charge in [0.2, 0.25) is 0 Å². The lowest BCUT2D eigenvalue weighted by Crippen LogP contribution is -2.41. The molecule has 0 radical (unpaired) electrons. The van der Waals surface area contributed by atoms with Crippen molar-refractivity contribution in [1.82, 2.24) is 10.3 Å². The van der Waals surface area contributed by atoms with Crippen LogP contribution >= 0.6 is 11.3 Å². The molecule has 1 aromatic heterocycles. The van der Waals surface area contributed by atoms with Crippen molar-refractivity contribution in [3.63, 3.8) is 0 Å². The molecule has 0 spiro atoms. The van der Waals surface area contributed by atoms with Gasteiger partial charge in [-0.3, -0.25) is 4.79 Å². The maximum absolute atomic E-state index is 12.4. The quantitative estimate of drug-likeness (QED) is 0.860. The van der Waals surface area contributed by atoms with Gasteiger partial charge < -0.3 is 15.8 Å². The van der Waals surface area contributed by atoms with Crippen LogP contribution in [0.1, 0.15) is 31.1 Å². The van der Waals surface area contributed by atoms with Gasteiger partial charge in [-0.05, 0) is 31.0 Å². The number of nitrogens with zero attached hydrogens (tertiary/aromatic N) is 1. The second-order valence-corrected chi connectivity index (χ2v) is 6.28. The first-order chi connectivity index (χ1) is 10.0. The first-order valence-electron chi connectivity index (χ1n) is 7.06. The summed E-state index contributed by atoms with van der Waals surface area (Å²) in [5, 5.41) is 3.54. The predicted molar refractivity (Wildman–Crippen MR) is 86.6 cm³/mol. The normalized spacial score (nSPS) is 12.8. The van der Waals surface area contributed by atoms with Crippen LogP contribution in [0.15, 0.2) is 18.2 Å². The third-order valence-corrected chi connectivity index (χ3v) is 4.14. The number of carbonyl (C=O) groups excluding carboxylic acids is 1. The van der Waals surface area contributed by atoms with Gasteiger partial charge in [-0.1, -0.05) is 25.2 Å². The van der Waals surface area contributed by atoms with Crippen LogP contribution in [-0.2, 0) is 4.74 Å². The Hall–Kier alpha value is -1.66. The average Bonchev–Trinajstić information content (AvgIpc) is 2.81. The molecule has 1 heterocycles. The molecule has 0 fully saturated rings. The van der Waals surface area contributed by atoms with Gasteiger partial charge in [0, 0.05) is 12.2 Å². The fourth-order valence-electron chi connectivity index (χ4n) is 1.98. The molecular formula is C15H21N3O2S. The van der Waals surface area contributed by atoms with Crippen molar-refractivity contribution >= 4 is 32.6 Å². The number of aromatic nitrogens is 1. The van der Waals surface area contributed by atoms with E-state index in [1.165, 1.54) is 11.3 Å². The van der Waals surface area contributed by atoms with Gasteiger partial charge in [-0.25, -0.2) is 4.98 Å². The molecule has 114 valence electrons. The van der Waals surface area contributed by atoms with Crippen LogP contribution in [0.25, 0.3) is 10.2 Å². The standard InChI is InChI=1S/C15H21N3O2S/c1-4-20-8-12(9(2)3)17-14(19)10-5-6-11-13(7-10)21-15(16)18-11/h5-7,9,12H,4,8H2,1-3H3,(H2,16,18)(H,17,19). The summed E-state index contributed by atoms with van der Waals surface area (Å²) in [4.78, 5) is 16.5. The zero-order valence-electron chi connectivity index (χ0n) is 12.6. The van der Waals surface area contributed by atoms with Gasteiger partial charge in [-0.15, -0.1) is 0 Å². The Morgan fingerprint density at radius 1 is 1.48 bits per heavy atom. The number of nitrogens with two attached hydrogens (primary N) is 1. The van der Waals surface area contributed by atoms with Gasteiger partial charge in [-0.2, -0.15) is 0 Å². The van der Waals surface area contributed by atoms with Gasteiger partial charge in [0.15, 0.2) is 5.13 Å². The number of hydrogen-bond acceptors (Lipinski definition) is 5. The fourth-order valence-corrected chi connectivity index (χ4v) is 2.75. The number of hydrogen-bond donors (Lipinski definition) is 2. The molecule has 2 rings (SSSR count).